The van der Waals surface area contributed by atoms with E-state index in [2.05, 4.69) is 4.99 Å². The smallest absolute Gasteiger partial charge is 0.338 e. The van der Waals surface area contributed by atoms with E-state index in [1.165, 1.54) is 23.8 Å². The highest BCUT2D eigenvalue weighted by Crippen LogP contribution is 2.34. The Labute approximate surface area is 190 Å². The molecule has 4 rings (SSSR count). The van der Waals surface area contributed by atoms with E-state index >= 15 is 0 Å². The number of ether oxygens (including phenoxy) is 1. The molecule has 1 aliphatic rings. The summed E-state index contributed by atoms with van der Waals surface area (Å²) < 4.78 is 6.58. The summed E-state index contributed by atoms with van der Waals surface area (Å²) in [6.07, 6.45) is 1.46. The van der Waals surface area contributed by atoms with E-state index in [1.54, 1.807) is 49.4 Å². The third kappa shape index (κ3) is 3.65. The lowest BCUT2D eigenvalue weighted by Crippen LogP contribution is -2.39. The highest BCUT2D eigenvalue weighted by Gasteiger charge is 2.34. The van der Waals surface area contributed by atoms with Crippen LogP contribution in [0.4, 0.5) is 5.69 Å². The lowest BCUT2D eigenvalue weighted by molar-refractivity contribution is -0.385. The zero-order valence-corrected chi connectivity index (χ0v) is 18.5. The summed E-state index contributed by atoms with van der Waals surface area (Å²) in [5, 5.41) is 11.8. The highest BCUT2D eigenvalue weighted by atomic mass is 35.5. The molecule has 0 radical (unpaired) electrons. The fourth-order valence-corrected chi connectivity index (χ4v) is 4.88. The first-order valence-corrected chi connectivity index (χ1v) is 10.6. The van der Waals surface area contributed by atoms with Crippen molar-refractivity contribution >= 4 is 40.7 Å². The molecule has 2 aromatic carbocycles. The molecular weight excluding hydrogens is 454 g/mol. The molecule has 0 spiro atoms. The van der Waals surface area contributed by atoms with Gasteiger partial charge in [0.05, 0.1) is 33.4 Å². The zero-order chi connectivity index (χ0) is 23.0. The second-order valence-corrected chi connectivity index (χ2v) is 8.33. The number of para-hydroxylation sites is 1. The molecule has 2 heterocycles. The first-order valence-electron chi connectivity index (χ1n) is 9.42. The lowest BCUT2D eigenvalue weighted by atomic mass is 9.96. The quantitative estimate of drug-likeness (QED) is 0.332. The molecule has 10 heteroatoms. The number of allylic oxidation sites excluding steroid dienone is 1. The van der Waals surface area contributed by atoms with E-state index in [9.17, 15) is 19.7 Å². The number of hydrogen-bond acceptors (Lipinski definition) is 7. The number of thiazole rings is 1. The van der Waals surface area contributed by atoms with Gasteiger partial charge in [0.25, 0.3) is 11.2 Å². The molecule has 0 fully saturated rings. The Morgan fingerprint density at radius 2 is 1.94 bits per heavy atom. The molecule has 1 aromatic heterocycles. The van der Waals surface area contributed by atoms with Gasteiger partial charge in [-0.3, -0.25) is 19.5 Å². The van der Waals surface area contributed by atoms with Crippen molar-refractivity contribution in [1.29, 1.82) is 0 Å². The van der Waals surface area contributed by atoms with Crippen LogP contribution in [0.25, 0.3) is 6.08 Å². The van der Waals surface area contributed by atoms with Crippen LogP contribution in [-0.2, 0) is 9.53 Å². The first-order chi connectivity index (χ1) is 15.3. The molecule has 162 valence electrons. The minimum atomic E-state index is -0.847. The van der Waals surface area contributed by atoms with Crippen LogP contribution >= 0.6 is 22.9 Å². The Bertz CT molecular complexity index is 1470. The SMILES string of the molecule is COC(=O)C1=C(C)N=c2sc(=Cc3ccccc3[N+](=O)[O-])c(=O)n2C1c1ccccc1Cl. The van der Waals surface area contributed by atoms with Gasteiger partial charge in [-0.25, -0.2) is 9.79 Å². The molecule has 8 nitrogen and oxygen atoms in total. The number of nitro benzene ring substituents is 1. The number of methoxy groups -OCH3 is 1. The predicted molar refractivity (Wildman–Crippen MR) is 120 cm³/mol. The largest absolute Gasteiger partial charge is 0.466 e. The van der Waals surface area contributed by atoms with Crippen LogP contribution in [0.5, 0.6) is 0 Å². The number of aromatic nitrogens is 1. The van der Waals surface area contributed by atoms with Crippen molar-refractivity contribution in [3.05, 3.63) is 106 Å². The van der Waals surface area contributed by atoms with Crippen molar-refractivity contribution in [2.24, 2.45) is 4.99 Å². The van der Waals surface area contributed by atoms with Crippen LogP contribution in [0.2, 0.25) is 5.02 Å². The van der Waals surface area contributed by atoms with Gasteiger partial charge < -0.3 is 4.74 Å². The number of hydrogen-bond donors (Lipinski definition) is 0. The number of fused-ring (bicyclic) bond motifs is 1. The van der Waals surface area contributed by atoms with Gasteiger partial charge in [-0.15, -0.1) is 0 Å². The molecule has 0 aliphatic carbocycles. The minimum absolute atomic E-state index is 0.118. The summed E-state index contributed by atoms with van der Waals surface area (Å²) >= 11 is 7.51. The number of rotatable bonds is 4. The molecule has 3 aromatic rings. The summed E-state index contributed by atoms with van der Waals surface area (Å²) in [4.78, 5) is 41.8. The van der Waals surface area contributed by atoms with Gasteiger partial charge >= 0.3 is 5.97 Å². The molecule has 0 saturated carbocycles. The van der Waals surface area contributed by atoms with Crippen LogP contribution in [0.1, 0.15) is 24.1 Å². The monoisotopic (exact) mass is 469 g/mol. The maximum Gasteiger partial charge on any atom is 0.338 e. The molecule has 0 amide bonds. The van der Waals surface area contributed by atoms with E-state index < -0.39 is 22.5 Å². The molecule has 1 atom stereocenters. The van der Waals surface area contributed by atoms with Crippen molar-refractivity contribution in [3.8, 4) is 0 Å². The zero-order valence-electron chi connectivity index (χ0n) is 16.9. The van der Waals surface area contributed by atoms with E-state index in [4.69, 9.17) is 16.3 Å². The Balaban J connectivity index is 2.02. The Hall–Kier alpha value is -3.56. The Morgan fingerprint density at radius 1 is 1.25 bits per heavy atom. The third-order valence-electron chi connectivity index (χ3n) is 5.05. The summed E-state index contributed by atoms with van der Waals surface area (Å²) in [7, 11) is 1.26. The summed E-state index contributed by atoms with van der Waals surface area (Å²) in [5.41, 5.74) is 0.881. The topological polar surface area (TPSA) is 104 Å². The van der Waals surface area contributed by atoms with Crippen molar-refractivity contribution in [2.75, 3.05) is 7.11 Å². The van der Waals surface area contributed by atoms with Gasteiger partial charge in [0.15, 0.2) is 4.80 Å². The average Bonchev–Trinajstić information content (AvgIpc) is 3.07. The first kappa shape index (κ1) is 21.7. The fourth-order valence-electron chi connectivity index (χ4n) is 3.60. The number of carbonyl (C=O) groups is 1. The van der Waals surface area contributed by atoms with Gasteiger partial charge in [0.2, 0.25) is 0 Å². The number of esters is 1. The summed E-state index contributed by atoms with van der Waals surface area (Å²) in [6.45, 7) is 1.66. The van der Waals surface area contributed by atoms with Gasteiger partial charge in [0.1, 0.15) is 6.04 Å². The molecule has 0 bridgehead atoms. The van der Waals surface area contributed by atoms with E-state index in [1.807, 2.05) is 0 Å². The predicted octanol–water partition coefficient (Wildman–Crippen LogP) is 2.97. The number of nitrogens with zero attached hydrogens (tertiary/aromatic N) is 3. The average molecular weight is 470 g/mol. The normalized spacial score (nSPS) is 15.8. The number of nitro groups is 1. The third-order valence-corrected chi connectivity index (χ3v) is 6.37. The number of halogens is 1. The highest BCUT2D eigenvalue weighted by molar-refractivity contribution is 7.07. The molecule has 1 unspecified atom stereocenters. The van der Waals surface area contributed by atoms with Gasteiger partial charge in [-0.1, -0.05) is 53.3 Å². The van der Waals surface area contributed by atoms with E-state index in [0.29, 0.717) is 26.6 Å². The summed E-state index contributed by atoms with van der Waals surface area (Å²) in [6, 6.07) is 12.2. The number of benzene rings is 2. The lowest BCUT2D eigenvalue weighted by Gasteiger charge is -2.25. The van der Waals surface area contributed by atoms with Crippen molar-refractivity contribution < 1.29 is 14.5 Å². The van der Waals surface area contributed by atoms with Crippen molar-refractivity contribution in [2.45, 2.75) is 13.0 Å². The van der Waals surface area contributed by atoms with Gasteiger partial charge in [-0.2, -0.15) is 0 Å². The van der Waals surface area contributed by atoms with Crippen LogP contribution in [0, 0.1) is 10.1 Å². The second-order valence-electron chi connectivity index (χ2n) is 6.91. The minimum Gasteiger partial charge on any atom is -0.466 e. The van der Waals surface area contributed by atoms with Crippen LogP contribution in [-0.4, -0.2) is 22.6 Å². The molecular formula is C22H16ClN3O5S. The van der Waals surface area contributed by atoms with E-state index in [0.717, 1.165) is 11.3 Å². The Kier molecular flexibility index (Phi) is 5.77. The molecule has 0 saturated heterocycles. The molecule has 32 heavy (non-hydrogen) atoms. The standard InChI is InChI=1S/C22H16ClN3O5S/c1-12-18(21(28)31-2)19(14-8-4-5-9-15(14)23)25-20(27)17(32-22(25)24-12)11-13-7-3-6-10-16(13)26(29)30/h3-11,19H,1-2H3. The number of carbonyl (C=O) groups excluding carboxylic acids is 1. The van der Waals surface area contributed by atoms with Crippen molar-refractivity contribution in [3.63, 3.8) is 0 Å². The van der Waals surface area contributed by atoms with Gasteiger partial charge in [-0.05, 0) is 30.7 Å². The maximum absolute atomic E-state index is 13.5. The van der Waals surface area contributed by atoms with Gasteiger partial charge in [0, 0.05) is 11.1 Å². The molecule has 1 aliphatic heterocycles. The van der Waals surface area contributed by atoms with E-state index in [-0.39, 0.29) is 15.8 Å². The summed E-state index contributed by atoms with van der Waals surface area (Å²) in [5.74, 6) is -0.621. The Morgan fingerprint density at radius 3 is 2.62 bits per heavy atom. The second kappa shape index (κ2) is 8.52. The van der Waals surface area contributed by atoms with Crippen LogP contribution < -0.4 is 14.9 Å². The van der Waals surface area contributed by atoms with Crippen molar-refractivity contribution in [1.82, 2.24) is 4.57 Å². The van der Waals surface area contributed by atoms with Crippen LogP contribution in [0.15, 0.2) is 69.6 Å². The fraction of sp³-hybridized carbons (Fsp3) is 0.136. The van der Waals surface area contributed by atoms with Crippen LogP contribution in [0.3, 0.4) is 0 Å². The maximum atomic E-state index is 13.5. The molecule has 0 N–H and O–H groups in total.